The summed E-state index contributed by atoms with van der Waals surface area (Å²) in [5, 5.41) is 3.11. The number of sulfone groups is 1. The number of nitrogens with one attached hydrogen (secondary N) is 1. The molecular formula is C14H19ClN2O3S. The summed E-state index contributed by atoms with van der Waals surface area (Å²) in [6.45, 7) is 0.0583. The molecule has 1 aromatic carbocycles. The summed E-state index contributed by atoms with van der Waals surface area (Å²) < 4.78 is 24.2. The molecule has 0 aromatic heterocycles. The molecule has 2 rings (SSSR count). The first kappa shape index (κ1) is 16.3. The van der Waals surface area contributed by atoms with E-state index in [1.165, 1.54) is 24.3 Å². The number of benzene rings is 1. The molecule has 1 fully saturated rings. The molecule has 116 valence electrons. The highest BCUT2D eigenvalue weighted by Gasteiger charge is 2.36. The van der Waals surface area contributed by atoms with Gasteiger partial charge >= 0.3 is 0 Å². The first-order chi connectivity index (χ1) is 9.83. The second-order valence-corrected chi connectivity index (χ2v) is 7.94. The number of rotatable bonds is 5. The van der Waals surface area contributed by atoms with E-state index in [9.17, 15) is 13.2 Å². The molecule has 0 atom stereocenters. The average molecular weight is 331 g/mol. The van der Waals surface area contributed by atoms with E-state index in [-0.39, 0.29) is 23.1 Å². The van der Waals surface area contributed by atoms with Gasteiger partial charge in [0.25, 0.3) is 0 Å². The number of amides is 1. The first-order valence-electron chi connectivity index (χ1n) is 6.89. The molecule has 0 bridgehead atoms. The molecule has 1 amide bonds. The maximum absolute atomic E-state index is 12.1. The van der Waals surface area contributed by atoms with Crippen LogP contribution in [0.3, 0.4) is 0 Å². The zero-order chi connectivity index (χ0) is 15.5. The van der Waals surface area contributed by atoms with Gasteiger partial charge in [-0.05, 0) is 37.1 Å². The minimum absolute atomic E-state index is 0.0583. The molecule has 3 N–H and O–H groups in total. The van der Waals surface area contributed by atoms with E-state index in [2.05, 4.69) is 5.32 Å². The van der Waals surface area contributed by atoms with Gasteiger partial charge in [-0.3, -0.25) is 4.79 Å². The zero-order valence-electron chi connectivity index (χ0n) is 11.6. The van der Waals surface area contributed by atoms with Crippen LogP contribution in [-0.2, 0) is 14.6 Å². The van der Waals surface area contributed by atoms with Crippen molar-refractivity contribution >= 4 is 27.3 Å². The lowest BCUT2D eigenvalue weighted by Crippen LogP contribution is -2.52. The minimum atomic E-state index is -3.43. The largest absolute Gasteiger partial charge is 0.353 e. The van der Waals surface area contributed by atoms with E-state index in [0.29, 0.717) is 17.9 Å². The fourth-order valence-corrected chi connectivity index (χ4v) is 3.75. The van der Waals surface area contributed by atoms with Crippen molar-refractivity contribution < 1.29 is 13.2 Å². The van der Waals surface area contributed by atoms with Crippen molar-refractivity contribution in [2.75, 3.05) is 12.3 Å². The number of nitrogens with two attached hydrogens (primary N) is 1. The van der Waals surface area contributed by atoms with Gasteiger partial charge < -0.3 is 11.1 Å². The van der Waals surface area contributed by atoms with Gasteiger partial charge in [-0.15, -0.1) is 0 Å². The molecular weight excluding hydrogens is 312 g/mol. The standard InChI is InChI=1S/C14H19ClN2O3S/c15-11-3-5-12(6-4-11)21(19,20)10-9-17-13(18)14(16)7-1-2-8-14/h3-6H,1-2,7-10,16H2,(H,17,18). The molecule has 7 heteroatoms. The van der Waals surface area contributed by atoms with Crippen LogP contribution >= 0.6 is 11.6 Å². The van der Waals surface area contributed by atoms with Crippen LogP contribution in [-0.4, -0.2) is 32.2 Å². The predicted molar refractivity (Wildman–Crippen MR) is 81.9 cm³/mol. The zero-order valence-corrected chi connectivity index (χ0v) is 13.2. The van der Waals surface area contributed by atoms with E-state index in [1.807, 2.05) is 0 Å². The van der Waals surface area contributed by atoms with Crippen LogP contribution in [0.5, 0.6) is 0 Å². The number of hydrogen-bond acceptors (Lipinski definition) is 4. The van der Waals surface area contributed by atoms with Gasteiger partial charge in [0.15, 0.2) is 9.84 Å². The van der Waals surface area contributed by atoms with Crippen molar-refractivity contribution in [1.82, 2.24) is 5.32 Å². The Kier molecular flexibility index (Phi) is 4.91. The molecule has 0 unspecified atom stereocenters. The Bertz CT molecular complexity index is 608. The Hall–Kier alpha value is -1.11. The Balaban J connectivity index is 1.90. The lowest BCUT2D eigenvalue weighted by atomic mass is 9.98. The van der Waals surface area contributed by atoms with Crippen molar-refractivity contribution in [1.29, 1.82) is 0 Å². The van der Waals surface area contributed by atoms with Gasteiger partial charge in [-0.1, -0.05) is 24.4 Å². The molecule has 0 saturated heterocycles. The Morgan fingerprint density at radius 2 is 1.81 bits per heavy atom. The summed E-state index contributed by atoms with van der Waals surface area (Å²) in [6.07, 6.45) is 3.19. The van der Waals surface area contributed by atoms with E-state index in [0.717, 1.165) is 12.8 Å². The highest BCUT2D eigenvalue weighted by Crippen LogP contribution is 2.27. The van der Waals surface area contributed by atoms with Crippen molar-refractivity contribution in [3.05, 3.63) is 29.3 Å². The monoisotopic (exact) mass is 330 g/mol. The minimum Gasteiger partial charge on any atom is -0.353 e. The van der Waals surface area contributed by atoms with Crippen molar-refractivity contribution in [2.24, 2.45) is 5.73 Å². The van der Waals surface area contributed by atoms with Gasteiger partial charge in [-0.25, -0.2) is 8.42 Å². The maximum atomic E-state index is 12.1. The molecule has 0 aliphatic heterocycles. The molecule has 1 aliphatic carbocycles. The quantitative estimate of drug-likeness (QED) is 0.856. The van der Waals surface area contributed by atoms with Gasteiger partial charge in [0.1, 0.15) is 0 Å². The third-order valence-electron chi connectivity index (χ3n) is 3.78. The van der Waals surface area contributed by atoms with Gasteiger partial charge in [0.05, 0.1) is 16.2 Å². The highest BCUT2D eigenvalue weighted by molar-refractivity contribution is 7.91. The molecule has 0 radical (unpaired) electrons. The van der Waals surface area contributed by atoms with Crippen LogP contribution in [0.15, 0.2) is 29.2 Å². The van der Waals surface area contributed by atoms with E-state index >= 15 is 0 Å². The first-order valence-corrected chi connectivity index (χ1v) is 8.92. The maximum Gasteiger partial charge on any atom is 0.240 e. The summed E-state index contributed by atoms with van der Waals surface area (Å²) >= 11 is 5.73. The van der Waals surface area contributed by atoms with Crippen LogP contribution in [0.1, 0.15) is 25.7 Å². The normalized spacial score (nSPS) is 17.6. The Morgan fingerprint density at radius 3 is 2.38 bits per heavy atom. The molecule has 5 nitrogen and oxygen atoms in total. The topological polar surface area (TPSA) is 89.3 Å². The van der Waals surface area contributed by atoms with Gasteiger partial charge in [-0.2, -0.15) is 0 Å². The van der Waals surface area contributed by atoms with Crippen LogP contribution in [0.25, 0.3) is 0 Å². The van der Waals surface area contributed by atoms with E-state index < -0.39 is 15.4 Å². The van der Waals surface area contributed by atoms with Crippen LogP contribution < -0.4 is 11.1 Å². The Morgan fingerprint density at radius 1 is 1.24 bits per heavy atom. The fourth-order valence-electron chi connectivity index (χ4n) is 2.47. The summed E-state index contributed by atoms with van der Waals surface area (Å²) in [7, 11) is -3.43. The van der Waals surface area contributed by atoms with Gasteiger partial charge in [0.2, 0.25) is 5.91 Å². The second kappa shape index (κ2) is 6.34. The smallest absolute Gasteiger partial charge is 0.240 e. The van der Waals surface area contributed by atoms with Crippen molar-refractivity contribution in [3.63, 3.8) is 0 Å². The summed E-state index contributed by atoms with van der Waals surface area (Å²) in [5.41, 5.74) is 5.17. The molecule has 1 aromatic rings. The van der Waals surface area contributed by atoms with Crippen LogP contribution in [0, 0.1) is 0 Å². The number of hydrogen-bond donors (Lipinski definition) is 2. The number of carbonyl (C=O) groups excluding carboxylic acids is 1. The molecule has 1 saturated carbocycles. The van der Waals surface area contributed by atoms with Crippen molar-refractivity contribution in [3.8, 4) is 0 Å². The third-order valence-corrected chi connectivity index (χ3v) is 5.76. The second-order valence-electron chi connectivity index (χ2n) is 5.39. The molecule has 1 aliphatic rings. The van der Waals surface area contributed by atoms with Crippen LogP contribution in [0.4, 0.5) is 0 Å². The van der Waals surface area contributed by atoms with E-state index in [4.69, 9.17) is 17.3 Å². The number of carbonyl (C=O) groups is 1. The highest BCUT2D eigenvalue weighted by atomic mass is 35.5. The third kappa shape index (κ3) is 3.96. The average Bonchev–Trinajstić information content (AvgIpc) is 2.87. The summed E-state index contributed by atoms with van der Waals surface area (Å²) in [6, 6.07) is 5.97. The number of halogens is 1. The summed E-state index contributed by atoms with van der Waals surface area (Å²) in [5.74, 6) is -0.414. The predicted octanol–water partition coefficient (Wildman–Crippen LogP) is 1.50. The van der Waals surface area contributed by atoms with Crippen molar-refractivity contribution in [2.45, 2.75) is 36.1 Å². The van der Waals surface area contributed by atoms with E-state index in [1.54, 1.807) is 0 Å². The SMILES string of the molecule is NC1(C(=O)NCCS(=O)(=O)c2ccc(Cl)cc2)CCCC1. The molecule has 0 spiro atoms. The Labute approximate surface area is 129 Å². The lowest BCUT2D eigenvalue weighted by Gasteiger charge is -2.22. The molecule has 21 heavy (non-hydrogen) atoms. The van der Waals surface area contributed by atoms with Crippen LogP contribution in [0.2, 0.25) is 5.02 Å². The summed E-state index contributed by atoms with van der Waals surface area (Å²) in [4.78, 5) is 12.2. The fraction of sp³-hybridized carbons (Fsp3) is 0.500. The molecule has 0 heterocycles. The lowest BCUT2D eigenvalue weighted by molar-refractivity contribution is -0.126. The van der Waals surface area contributed by atoms with Gasteiger partial charge in [0, 0.05) is 11.6 Å².